The van der Waals surface area contributed by atoms with Crippen molar-refractivity contribution < 1.29 is 18.7 Å². The zero-order valence-electron chi connectivity index (χ0n) is 6.47. The average molecular weight is 331 g/mol. The molecule has 3 nitrogen and oxygen atoms in total. The summed E-state index contributed by atoms with van der Waals surface area (Å²) in [6.45, 7) is 0. The van der Waals surface area contributed by atoms with E-state index >= 15 is 0 Å². The number of hydrogen-bond donors (Lipinski definition) is 1. The zero-order chi connectivity index (χ0) is 10.9. The van der Waals surface area contributed by atoms with Gasteiger partial charge in [-0.25, -0.2) is 18.6 Å². The third kappa shape index (κ3) is 2.09. The predicted molar refractivity (Wildman–Crippen MR) is 51.6 cm³/mol. The molecule has 76 valence electrons. The first-order valence-electron chi connectivity index (χ1n) is 3.30. The first-order chi connectivity index (χ1) is 6.45. The number of aromatic nitrogens is 1. The Hall–Kier alpha value is -0.560. The molecule has 1 N–H and O–H groups in total. The number of nitrogens with zero attached hydrogens (tertiary/aromatic N) is 1. The molecule has 0 aliphatic carbocycles. The van der Waals surface area contributed by atoms with Gasteiger partial charge in [-0.1, -0.05) is 0 Å². The van der Waals surface area contributed by atoms with E-state index < -0.39 is 18.0 Å². The van der Waals surface area contributed by atoms with Gasteiger partial charge in [-0.05, 0) is 31.9 Å². The molecule has 0 atom stereocenters. The van der Waals surface area contributed by atoms with Gasteiger partial charge in [0.25, 0.3) is 6.43 Å². The Kier molecular flexibility index (Phi) is 3.54. The van der Waals surface area contributed by atoms with Crippen molar-refractivity contribution >= 4 is 37.8 Å². The molecular weight excluding hydrogens is 328 g/mol. The number of halogens is 4. The maximum absolute atomic E-state index is 12.4. The van der Waals surface area contributed by atoms with E-state index in [-0.39, 0.29) is 14.6 Å². The van der Waals surface area contributed by atoms with Crippen LogP contribution in [-0.2, 0) is 0 Å². The molecule has 1 rings (SSSR count). The molecule has 0 amide bonds. The van der Waals surface area contributed by atoms with Crippen molar-refractivity contribution in [2.45, 2.75) is 6.43 Å². The third-order valence-electron chi connectivity index (χ3n) is 1.45. The first kappa shape index (κ1) is 11.5. The molecule has 0 aliphatic rings. The lowest BCUT2D eigenvalue weighted by molar-refractivity contribution is 0.0694. The third-order valence-corrected chi connectivity index (χ3v) is 2.94. The molecule has 0 aromatic carbocycles. The second-order valence-corrected chi connectivity index (χ2v) is 3.84. The van der Waals surface area contributed by atoms with Crippen molar-refractivity contribution in [2.75, 3.05) is 0 Å². The minimum absolute atomic E-state index is 0.0654. The van der Waals surface area contributed by atoms with Gasteiger partial charge in [0.05, 0.1) is 11.1 Å². The fraction of sp³-hybridized carbons (Fsp3) is 0.143. The van der Waals surface area contributed by atoms with E-state index in [0.717, 1.165) is 6.20 Å². The fourth-order valence-electron chi connectivity index (χ4n) is 0.818. The number of hydrogen-bond acceptors (Lipinski definition) is 2. The Morgan fingerprint density at radius 1 is 1.50 bits per heavy atom. The summed E-state index contributed by atoms with van der Waals surface area (Å²) in [4.78, 5) is 14.1. The fourth-order valence-corrected chi connectivity index (χ4v) is 2.19. The maximum atomic E-state index is 12.4. The molecular formula is C7H3Br2F2NO2. The lowest BCUT2D eigenvalue weighted by atomic mass is 10.2. The quantitative estimate of drug-likeness (QED) is 0.847. The van der Waals surface area contributed by atoms with Crippen molar-refractivity contribution in [3.05, 3.63) is 26.4 Å². The largest absolute Gasteiger partial charge is 0.478 e. The summed E-state index contributed by atoms with van der Waals surface area (Å²) >= 11 is 5.62. The number of aromatic carboxylic acids is 1. The van der Waals surface area contributed by atoms with Gasteiger partial charge in [-0.2, -0.15) is 0 Å². The summed E-state index contributed by atoms with van der Waals surface area (Å²) in [7, 11) is 0. The highest BCUT2D eigenvalue weighted by Crippen LogP contribution is 2.34. The minimum Gasteiger partial charge on any atom is -0.478 e. The van der Waals surface area contributed by atoms with E-state index in [4.69, 9.17) is 5.11 Å². The Morgan fingerprint density at radius 3 is 2.50 bits per heavy atom. The highest BCUT2D eigenvalue weighted by atomic mass is 79.9. The molecule has 0 saturated heterocycles. The molecule has 0 unspecified atom stereocenters. The van der Waals surface area contributed by atoms with Gasteiger partial charge in [0.1, 0.15) is 4.60 Å². The van der Waals surface area contributed by atoms with Crippen LogP contribution in [0.4, 0.5) is 8.78 Å². The van der Waals surface area contributed by atoms with Crippen molar-refractivity contribution in [3.63, 3.8) is 0 Å². The van der Waals surface area contributed by atoms with Crippen LogP contribution in [0.15, 0.2) is 15.3 Å². The van der Waals surface area contributed by atoms with Crippen molar-refractivity contribution in [3.8, 4) is 0 Å². The minimum atomic E-state index is -2.79. The van der Waals surface area contributed by atoms with Crippen LogP contribution in [0.5, 0.6) is 0 Å². The van der Waals surface area contributed by atoms with Crippen molar-refractivity contribution in [1.82, 2.24) is 4.98 Å². The van der Waals surface area contributed by atoms with E-state index in [9.17, 15) is 13.6 Å². The van der Waals surface area contributed by atoms with Gasteiger partial charge in [0, 0.05) is 10.7 Å². The summed E-state index contributed by atoms with van der Waals surface area (Å²) in [6.07, 6.45) is -1.78. The van der Waals surface area contributed by atoms with Crippen LogP contribution < -0.4 is 0 Å². The summed E-state index contributed by atoms with van der Waals surface area (Å²) in [6, 6.07) is 0. The Bertz CT molecular complexity index is 384. The molecule has 0 saturated carbocycles. The molecule has 0 bridgehead atoms. The smallest absolute Gasteiger partial charge is 0.338 e. The maximum Gasteiger partial charge on any atom is 0.338 e. The molecule has 0 fully saturated rings. The van der Waals surface area contributed by atoms with Crippen LogP contribution in [0.25, 0.3) is 0 Å². The van der Waals surface area contributed by atoms with Crippen LogP contribution in [-0.4, -0.2) is 16.1 Å². The highest BCUT2D eigenvalue weighted by molar-refractivity contribution is 9.11. The SMILES string of the molecule is O=C(O)c1cnc(Br)c(C(F)F)c1Br. The summed E-state index contributed by atoms with van der Waals surface area (Å²) in [5.41, 5.74) is -0.742. The number of carboxylic acid groups (broad SMARTS) is 1. The van der Waals surface area contributed by atoms with Gasteiger partial charge in [-0.15, -0.1) is 0 Å². The Labute approximate surface area is 94.4 Å². The van der Waals surface area contributed by atoms with Crippen molar-refractivity contribution in [1.29, 1.82) is 0 Å². The highest BCUT2D eigenvalue weighted by Gasteiger charge is 2.22. The normalized spacial score (nSPS) is 10.6. The number of carboxylic acids is 1. The van der Waals surface area contributed by atoms with Crippen LogP contribution in [0.3, 0.4) is 0 Å². The molecule has 1 aromatic rings. The predicted octanol–water partition coefficient (Wildman–Crippen LogP) is 3.24. The van der Waals surface area contributed by atoms with Gasteiger partial charge in [0.2, 0.25) is 0 Å². The zero-order valence-corrected chi connectivity index (χ0v) is 9.64. The second-order valence-electron chi connectivity index (χ2n) is 2.30. The van der Waals surface area contributed by atoms with Gasteiger partial charge in [0.15, 0.2) is 0 Å². The molecule has 7 heteroatoms. The van der Waals surface area contributed by atoms with Crippen LogP contribution >= 0.6 is 31.9 Å². The van der Waals surface area contributed by atoms with Gasteiger partial charge >= 0.3 is 5.97 Å². The molecule has 1 heterocycles. The summed E-state index contributed by atoms with van der Waals surface area (Å²) < 4.78 is 24.7. The van der Waals surface area contributed by atoms with E-state index in [1.165, 1.54) is 0 Å². The number of pyridine rings is 1. The second kappa shape index (κ2) is 4.31. The first-order valence-corrected chi connectivity index (χ1v) is 4.89. The van der Waals surface area contributed by atoms with Crippen molar-refractivity contribution in [2.24, 2.45) is 0 Å². The molecule has 1 aromatic heterocycles. The number of rotatable bonds is 2. The molecule has 0 aliphatic heterocycles. The topological polar surface area (TPSA) is 50.2 Å². The molecule has 0 spiro atoms. The lowest BCUT2D eigenvalue weighted by Gasteiger charge is -2.07. The number of carbonyl (C=O) groups is 1. The standard InChI is InChI=1S/C7H3Br2F2NO2/c8-4-2(7(13)14)1-12-5(9)3(4)6(10)11/h1,6H,(H,13,14). The van der Waals surface area contributed by atoms with Gasteiger partial charge in [-0.3, -0.25) is 0 Å². The Morgan fingerprint density at radius 2 is 2.07 bits per heavy atom. The Balaban J connectivity index is 3.41. The molecule has 0 radical (unpaired) electrons. The molecule has 14 heavy (non-hydrogen) atoms. The van der Waals surface area contributed by atoms with Crippen LogP contribution in [0, 0.1) is 0 Å². The average Bonchev–Trinajstić information content (AvgIpc) is 2.02. The monoisotopic (exact) mass is 329 g/mol. The summed E-state index contributed by atoms with van der Waals surface area (Å²) in [5, 5.41) is 8.63. The van der Waals surface area contributed by atoms with E-state index in [1.807, 2.05) is 0 Å². The van der Waals surface area contributed by atoms with E-state index in [2.05, 4.69) is 36.8 Å². The van der Waals surface area contributed by atoms with E-state index in [0.29, 0.717) is 0 Å². The lowest BCUT2D eigenvalue weighted by Crippen LogP contribution is -2.03. The van der Waals surface area contributed by atoms with Gasteiger partial charge < -0.3 is 5.11 Å². The van der Waals surface area contributed by atoms with E-state index in [1.54, 1.807) is 0 Å². The summed E-state index contributed by atoms with van der Waals surface area (Å²) in [5.74, 6) is -1.31. The number of alkyl halides is 2. The van der Waals surface area contributed by atoms with Crippen LogP contribution in [0.2, 0.25) is 0 Å². The van der Waals surface area contributed by atoms with Crippen LogP contribution in [0.1, 0.15) is 22.3 Å².